The topological polar surface area (TPSA) is 119 Å². The fraction of sp³-hybridized carbons (Fsp3) is 0.273. The maximum Gasteiger partial charge on any atom is 0.279 e. The Labute approximate surface area is 210 Å². The molecule has 1 aromatic heterocycles. The molecule has 0 aliphatic carbocycles. The summed E-state index contributed by atoms with van der Waals surface area (Å²) in [6.45, 7) is 2.40. The number of benzene rings is 2. The van der Waals surface area contributed by atoms with Gasteiger partial charge in [-0.3, -0.25) is 4.79 Å². The van der Waals surface area contributed by atoms with Crippen molar-refractivity contribution < 1.29 is 13.2 Å². The van der Waals surface area contributed by atoms with E-state index >= 15 is 0 Å². The van der Waals surface area contributed by atoms with Gasteiger partial charge in [0.25, 0.3) is 5.91 Å². The first kappa shape index (κ1) is 25.9. The molecule has 34 heavy (non-hydrogen) atoms. The molecular formula is C22H19Cl2N5O3S2. The Morgan fingerprint density at radius 2 is 1.74 bits per heavy atom. The Morgan fingerprint density at radius 3 is 2.29 bits per heavy atom. The Hall–Kier alpha value is -2.73. The average molecular weight is 536 g/mol. The molecule has 3 rings (SSSR count). The second-order valence-electron chi connectivity index (χ2n) is 7.02. The van der Waals surface area contributed by atoms with Crippen molar-refractivity contribution in [2.75, 3.05) is 13.1 Å². The molecule has 0 saturated heterocycles. The van der Waals surface area contributed by atoms with Crippen molar-refractivity contribution in [1.29, 1.82) is 10.5 Å². The first-order valence-corrected chi connectivity index (χ1v) is 13.2. The Bertz CT molecular complexity index is 1460. The maximum absolute atomic E-state index is 12.9. The largest absolute Gasteiger partial charge is 0.315 e. The summed E-state index contributed by atoms with van der Waals surface area (Å²) in [5, 5.41) is 18.6. The van der Waals surface area contributed by atoms with E-state index in [9.17, 15) is 13.2 Å². The second kappa shape index (κ2) is 11.1. The number of hydrogen-bond acceptors (Lipinski definition) is 6. The number of thiazole rings is 1. The summed E-state index contributed by atoms with van der Waals surface area (Å²) < 4.78 is 29.6. The molecule has 12 heteroatoms. The van der Waals surface area contributed by atoms with Crippen molar-refractivity contribution >= 4 is 60.7 Å². The van der Waals surface area contributed by atoms with Crippen LogP contribution >= 0.6 is 34.5 Å². The molecule has 0 N–H and O–H groups in total. The highest BCUT2D eigenvalue weighted by Gasteiger charge is 2.24. The zero-order valence-electron chi connectivity index (χ0n) is 18.0. The first-order chi connectivity index (χ1) is 16.2. The number of aryl methyl sites for hydroxylation is 1. The van der Waals surface area contributed by atoms with Crippen molar-refractivity contribution in [2.45, 2.75) is 31.2 Å². The van der Waals surface area contributed by atoms with Crippen LogP contribution in [0.4, 0.5) is 0 Å². The SMILES string of the molecule is CCn1c(=NC(=O)c2ccc(S(=O)(=O)N(CCC#N)CCC#N)cc2)sc2cc(Cl)cc(Cl)c21. The van der Waals surface area contributed by atoms with Crippen LogP contribution in [0.3, 0.4) is 0 Å². The Balaban J connectivity index is 1.94. The fourth-order valence-corrected chi connectivity index (χ4v) is 6.60. The zero-order valence-corrected chi connectivity index (χ0v) is 21.2. The third kappa shape index (κ3) is 5.49. The van der Waals surface area contributed by atoms with Crippen LogP contribution in [0, 0.1) is 22.7 Å². The lowest BCUT2D eigenvalue weighted by molar-refractivity contribution is 0.0997. The van der Waals surface area contributed by atoms with Crippen LogP contribution in [0.5, 0.6) is 0 Å². The molecule has 0 bridgehead atoms. The number of amides is 1. The zero-order chi connectivity index (χ0) is 24.9. The highest BCUT2D eigenvalue weighted by atomic mass is 35.5. The number of carbonyl (C=O) groups is 1. The molecule has 1 amide bonds. The van der Waals surface area contributed by atoms with Gasteiger partial charge in [0.2, 0.25) is 10.0 Å². The van der Waals surface area contributed by atoms with Crippen LogP contribution in [0.2, 0.25) is 10.0 Å². The first-order valence-electron chi connectivity index (χ1n) is 10.1. The molecule has 0 radical (unpaired) electrons. The number of hydrogen-bond donors (Lipinski definition) is 0. The van der Waals surface area contributed by atoms with Crippen LogP contribution < -0.4 is 4.80 Å². The Kier molecular flexibility index (Phi) is 8.47. The minimum atomic E-state index is -3.92. The summed E-state index contributed by atoms with van der Waals surface area (Å²) in [4.78, 5) is 17.5. The number of aromatic nitrogens is 1. The van der Waals surface area contributed by atoms with Gasteiger partial charge in [-0.15, -0.1) is 0 Å². The highest BCUT2D eigenvalue weighted by Crippen LogP contribution is 2.29. The number of rotatable bonds is 8. The van der Waals surface area contributed by atoms with Crippen molar-refractivity contribution in [2.24, 2.45) is 4.99 Å². The number of sulfonamides is 1. The van der Waals surface area contributed by atoms with E-state index in [1.807, 2.05) is 23.6 Å². The van der Waals surface area contributed by atoms with Gasteiger partial charge in [-0.05, 0) is 43.3 Å². The lowest BCUT2D eigenvalue weighted by Crippen LogP contribution is -2.32. The number of halogens is 2. The molecule has 0 saturated carbocycles. The van der Waals surface area contributed by atoms with Gasteiger partial charge >= 0.3 is 0 Å². The van der Waals surface area contributed by atoms with Crippen molar-refractivity contribution in [3.8, 4) is 12.1 Å². The molecule has 176 valence electrons. The van der Waals surface area contributed by atoms with Crippen LogP contribution in [0.25, 0.3) is 10.2 Å². The maximum atomic E-state index is 12.9. The third-order valence-electron chi connectivity index (χ3n) is 4.89. The second-order valence-corrected chi connectivity index (χ2v) is 10.8. The van der Waals surface area contributed by atoms with Crippen LogP contribution in [0.1, 0.15) is 30.1 Å². The van der Waals surface area contributed by atoms with E-state index in [0.29, 0.717) is 21.4 Å². The average Bonchev–Trinajstić information content (AvgIpc) is 3.16. The summed E-state index contributed by atoms with van der Waals surface area (Å²) in [6, 6.07) is 12.6. The smallest absolute Gasteiger partial charge is 0.279 e. The monoisotopic (exact) mass is 535 g/mol. The van der Waals surface area contributed by atoms with E-state index in [2.05, 4.69) is 4.99 Å². The standard InChI is InChI=1S/C22H19Cl2N5O3S2/c1-2-29-20-18(24)13-16(23)14-19(20)33-22(29)27-21(30)15-5-7-17(8-6-15)34(31,32)28(11-3-9-25)12-4-10-26/h5-8,13-14H,2-4,11-12H2,1H3. The van der Waals surface area contributed by atoms with Gasteiger partial charge in [-0.25, -0.2) is 8.42 Å². The molecule has 0 spiro atoms. The van der Waals surface area contributed by atoms with Gasteiger partial charge in [0.1, 0.15) is 0 Å². The molecular weight excluding hydrogens is 517 g/mol. The lowest BCUT2D eigenvalue weighted by atomic mass is 10.2. The van der Waals surface area contributed by atoms with Crippen LogP contribution in [-0.2, 0) is 16.6 Å². The number of fused-ring (bicyclic) bond motifs is 1. The molecule has 0 aliphatic heterocycles. The van der Waals surface area contributed by atoms with Gasteiger partial charge in [0, 0.05) is 43.1 Å². The summed E-state index contributed by atoms with van der Waals surface area (Å²) in [6.07, 6.45) is 0.00383. The van der Waals surface area contributed by atoms with Gasteiger partial charge < -0.3 is 4.57 Å². The van der Waals surface area contributed by atoms with E-state index in [1.54, 1.807) is 12.1 Å². The van der Waals surface area contributed by atoms with E-state index in [4.69, 9.17) is 33.7 Å². The Morgan fingerprint density at radius 1 is 1.12 bits per heavy atom. The van der Waals surface area contributed by atoms with Crippen molar-refractivity contribution in [1.82, 2.24) is 8.87 Å². The third-order valence-corrected chi connectivity index (χ3v) is 8.34. The van der Waals surface area contributed by atoms with Crippen LogP contribution in [0.15, 0.2) is 46.3 Å². The summed E-state index contributed by atoms with van der Waals surface area (Å²) in [5.74, 6) is -0.536. The van der Waals surface area contributed by atoms with Gasteiger partial charge in [0.05, 0.1) is 32.3 Å². The van der Waals surface area contributed by atoms with E-state index in [0.717, 1.165) is 14.5 Å². The van der Waals surface area contributed by atoms with Crippen molar-refractivity contribution in [3.63, 3.8) is 0 Å². The molecule has 3 aromatic rings. The molecule has 1 heterocycles. The molecule has 0 unspecified atom stereocenters. The molecule has 0 aliphatic rings. The number of nitrogens with zero attached hydrogens (tertiary/aromatic N) is 5. The van der Waals surface area contributed by atoms with E-state index in [1.165, 1.54) is 35.6 Å². The summed E-state index contributed by atoms with van der Waals surface area (Å²) in [5.41, 5.74) is 0.949. The fourth-order valence-electron chi connectivity index (χ4n) is 3.28. The normalized spacial score (nSPS) is 12.1. The molecule has 2 aromatic carbocycles. The van der Waals surface area contributed by atoms with Gasteiger partial charge in [-0.2, -0.15) is 19.8 Å². The van der Waals surface area contributed by atoms with E-state index < -0.39 is 15.9 Å². The number of nitriles is 2. The minimum absolute atomic E-state index is 0.00192. The van der Waals surface area contributed by atoms with Gasteiger partial charge in [0.15, 0.2) is 4.80 Å². The number of carbonyl (C=O) groups excluding carboxylic acids is 1. The highest BCUT2D eigenvalue weighted by molar-refractivity contribution is 7.89. The minimum Gasteiger partial charge on any atom is -0.315 e. The molecule has 8 nitrogen and oxygen atoms in total. The van der Waals surface area contributed by atoms with E-state index in [-0.39, 0.29) is 36.4 Å². The quantitative estimate of drug-likeness (QED) is 0.417. The van der Waals surface area contributed by atoms with Gasteiger partial charge in [-0.1, -0.05) is 34.5 Å². The van der Waals surface area contributed by atoms with Crippen molar-refractivity contribution in [3.05, 3.63) is 56.8 Å². The van der Waals surface area contributed by atoms with Crippen LogP contribution in [-0.4, -0.2) is 36.3 Å². The molecule has 0 fully saturated rings. The predicted octanol–water partition coefficient (Wildman–Crippen LogP) is 4.59. The predicted molar refractivity (Wildman–Crippen MR) is 131 cm³/mol. The summed E-state index contributed by atoms with van der Waals surface area (Å²) in [7, 11) is -3.92. The summed E-state index contributed by atoms with van der Waals surface area (Å²) >= 11 is 13.7. The lowest BCUT2D eigenvalue weighted by Gasteiger charge is -2.20. The molecule has 0 atom stereocenters.